The standard InChI is InChI=1S/C36H37FN4O8/c1-20-38-27-17-23-14-15-29(25(23)18-26(27)33(44)41(20)19-48-35(47)36(2,3)4)40(5)28-9-7-6-8-24(28)32(49-37)39-31(34(45)46)22-12-10-21(11-13-22)16-30(42)43/h6-13,17-18,29,31H,14-16,19H2,1-5H3,(H,42,43)(H,45,46)/t29?,31-/m1/s1. The summed E-state index contributed by atoms with van der Waals surface area (Å²) in [5, 5.41) is 19.4. The number of carboxylic acids is 2. The lowest BCUT2D eigenvalue weighted by molar-refractivity contribution is -0.157. The number of halogens is 1. The van der Waals surface area contributed by atoms with Crippen LogP contribution in [-0.4, -0.2) is 50.6 Å². The van der Waals surface area contributed by atoms with Gasteiger partial charge in [0, 0.05) is 17.3 Å². The van der Waals surface area contributed by atoms with Gasteiger partial charge in [-0.05, 0) is 87.1 Å². The Hall–Kier alpha value is -5.59. The number of carbonyl (C=O) groups excluding carboxylic acids is 1. The number of aromatic nitrogens is 2. The van der Waals surface area contributed by atoms with Crippen LogP contribution >= 0.6 is 0 Å². The second kappa shape index (κ2) is 13.9. The van der Waals surface area contributed by atoms with E-state index in [1.54, 1.807) is 58.0 Å². The van der Waals surface area contributed by atoms with Gasteiger partial charge in [0.25, 0.3) is 11.5 Å². The lowest BCUT2D eigenvalue weighted by Gasteiger charge is -2.29. The molecule has 2 N–H and O–H groups in total. The normalized spacial score (nSPS) is 15.1. The molecule has 0 saturated carbocycles. The number of aliphatic imine (C=N–C) groups is 1. The fraction of sp³-hybridized carbons (Fsp3) is 0.333. The van der Waals surface area contributed by atoms with Gasteiger partial charge in [0.2, 0.25) is 0 Å². The minimum Gasteiger partial charge on any atom is -0.481 e. The fourth-order valence-electron chi connectivity index (χ4n) is 5.95. The second-order valence-electron chi connectivity index (χ2n) is 13.0. The van der Waals surface area contributed by atoms with Crippen molar-refractivity contribution >= 4 is 40.4 Å². The summed E-state index contributed by atoms with van der Waals surface area (Å²) in [6.45, 7) is 6.59. The zero-order valence-electron chi connectivity index (χ0n) is 27.8. The number of hydrogen-bond acceptors (Lipinski definition) is 9. The third-order valence-electron chi connectivity index (χ3n) is 8.58. The van der Waals surface area contributed by atoms with Gasteiger partial charge in [0.15, 0.2) is 12.8 Å². The van der Waals surface area contributed by atoms with Crippen molar-refractivity contribution in [2.75, 3.05) is 11.9 Å². The Morgan fingerprint density at radius 2 is 1.80 bits per heavy atom. The molecule has 4 aromatic rings. The van der Waals surface area contributed by atoms with Gasteiger partial charge >= 0.3 is 17.9 Å². The van der Waals surface area contributed by atoms with Crippen LogP contribution in [0.1, 0.15) is 72.9 Å². The number of esters is 1. The molecule has 1 aromatic heterocycles. The molecule has 12 nitrogen and oxygen atoms in total. The molecule has 1 aliphatic rings. The molecule has 5 rings (SSSR count). The smallest absolute Gasteiger partial charge is 0.333 e. The van der Waals surface area contributed by atoms with Crippen LogP contribution in [0, 0.1) is 12.3 Å². The topological polar surface area (TPSA) is 161 Å². The van der Waals surface area contributed by atoms with Crippen molar-refractivity contribution in [3.8, 4) is 0 Å². The molecule has 13 heteroatoms. The average Bonchev–Trinajstić information content (AvgIpc) is 3.46. The van der Waals surface area contributed by atoms with Crippen molar-refractivity contribution in [2.24, 2.45) is 10.4 Å². The van der Waals surface area contributed by atoms with Crippen molar-refractivity contribution in [1.82, 2.24) is 9.55 Å². The predicted molar refractivity (Wildman–Crippen MR) is 179 cm³/mol. The van der Waals surface area contributed by atoms with E-state index in [-0.39, 0.29) is 35.9 Å². The number of para-hydroxylation sites is 1. The number of nitrogens with zero attached hydrogens (tertiary/aromatic N) is 4. The minimum atomic E-state index is -1.54. The Balaban J connectivity index is 1.49. The number of ether oxygens (including phenoxy) is 1. The number of anilines is 1. The zero-order chi connectivity index (χ0) is 35.6. The van der Waals surface area contributed by atoms with Crippen LogP contribution in [0.15, 0.2) is 70.5 Å². The van der Waals surface area contributed by atoms with E-state index in [0.29, 0.717) is 40.8 Å². The monoisotopic (exact) mass is 672 g/mol. The maximum absolute atomic E-state index is 14.2. The second-order valence-corrected chi connectivity index (χ2v) is 13.0. The highest BCUT2D eigenvalue weighted by atomic mass is 19.3. The highest BCUT2D eigenvalue weighted by molar-refractivity contribution is 6.00. The molecule has 1 heterocycles. The molecule has 0 amide bonds. The highest BCUT2D eigenvalue weighted by Crippen LogP contribution is 2.40. The first-order chi connectivity index (χ1) is 23.2. The molecule has 0 fully saturated rings. The molecule has 1 unspecified atom stereocenters. The van der Waals surface area contributed by atoms with Crippen molar-refractivity contribution in [3.05, 3.63) is 105 Å². The van der Waals surface area contributed by atoms with Gasteiger partial charge in [0.05, 0.1) is 34.3 Å². The van der Waals surface area contributed by atoms with Crippen LogP contribution in [0.25, 0.3) is 10.9 Å². The molecule has 0 spiro atoms. The van der Waals surface area contributed by atoms with Crippen LogP contribution in [-0.2, 0) is 43.6 Å². The molecule has 0 saturated heterocycles. The van der Waals surface area contributed by atoms with Gasteiger partial charge in [0.1, 0.15) is 5.82 Å². The van der Waals surface area contributed by atoms with Crippen molar-refractivity contribution < 1.29 is 38.8 Å². The van der Waals surface area contributed by atoms with Crippen molar-refractivity contribution in [1.29, 1.82) is 0 Å². The number of aliphatic carboxylic acids is 2. The molecule has 0 bridgehead atoms. The summed E-state index contributed by atoms with van der Waals surface area (Å²) in [6, 6.07) is 14.4. The van der Waals surface area contributed by atoms with E-state index >= 15 is 0 Å². The third-order valence-corrected chi connectivity index (χ3v) is 8.58. The van der Waals surface area contributed by atoms with E-state index in [9.17, 15) is 28.8 Å². The number of carbonyl (C=O) groups is 3. The first kappa shape index (κ1) is 34.7. The molecule has 3 aromatic carbocycles. The summed E-state index contributed by atoms with van der Waals surface area (Å²) in [6.07, 6.45) is 1.12. The quantitative estimate of drug-likeness (QED) is 0.126. The fourth-order valence-corrected chi connectivity index (χ4v) is 5.95. The molecule has 49 heavy (non-hydrogen) atoms. The van der Waals surface area contributed by atoms with Crippen LogP contribution in [0.3, 0.4) is 0 Å². The van der Waals surface area contributed by atoms with E-state index < -0.39 is 35.3 Å². The zero-order valence-corrected chi connectivity index (χ0v) is 27.8. The summed E-state index contributed by atoms with van der Waals surface area (Å²) in [4.78, 5) is 64.2. The van der Waals surface area contributed by atoms with Gasteiger partial charge in [-0.25, -0.2) is 14.8 Å². The summed E-state index contributed by atoms with van der Waals surface area (Å²) < 4.78 is 21.0. The Labute approximate surface area is 281 Å². The summed E-state index contributed by atoms with van der Waals surface area (Å²) in [7, 11) is 1.81. The van der Waals surface area contributed by atoms with Gasteiger partial charge < -0.3 is 19.8 Å². The van der Waals surface area contributed by atoms with Gasteiger partial charge in [-0.1, -0.05) is 36.4 Å². The molecule has 0 radical (unpaired) electrons. The maximum atomic E-state index is 14.2. The van der Waals surface area contributed by atoms with E-state index in [0.717, 1.165) is 11.1 Å². The van der Waals surface area contributed by atoms with Gasteiger partial charge in [-0.3, -0.25) is 23.9 Å². The Bertz CT molecular complexity index is 2020. The van der Waals surface area contributed by atoms with E-state index in [1.807, 2.05) is 18.0 Å². The number of fused-ring (bicyclic) bond motifs is 2. The summed E-state index contributed by atoms with van der Waals surface area (Å²) >= 11 is 0. The number of hydrogen-bond donors (Lipinski definition) is 2. The van der Waals surface area contributed by atoms with Gasteiger partial charge in [-0.15, -0.1) is 0 Å². The molecule has 1 aliphatic carbocycles. The Morgan fingerprint density at radius 3 is 2.43 bits per heavy atom. The van der Waals surface area contributed by atoms with Crippen molar-refractivity contribution in [3.63, 3.8) is 0 Å². The molecular weight excluding hydrogens is 635 g/mol. The SMILES string of the molecule is Cc1nc2cc3c(cc2c(=O)n1COC(=O)C(C)(C)C)C(N(C)c1ccccc1C(=N[C@@H](C(=O)O)c1ccc(CC(=O)O)cc1)OF)CC3. The van der Waals surface area contributed by atoms with Crippen LogP contribution in [0.5, 0.6) is 0 Å². The van der Waals surface area contributed by atoms with Gasteiger partial charge in [-0.2, -0.15) is 0 Å². The Kier molecular flexibility index (Phi) is 9.83. The number of benzene rings is 3. The van der Waals surface area contributed by atoms with Crippen LogP contribution < -0.4 is 10.5 Å². The first-order valence-corrected chi connectivity index (χ1v) is 15.6. The van der Waals surface area contributed by atoms with E-state index in [1.165, 1.54) is 28.8 Å². The lowest BCUT2D eigenvalue weighted by atomic mass is 9.98. The van der Waals surface area contributed by atoms with Crippen LogP contribution in [0.2, 0.25) is 0 Å². The van der Waals surface area contributed by atoms with E-state index in [2.05, 4.69) is 14.9 Å². The largest absolute Gasteiger partial charge is 0.481 e. The van der Waals surface area contributed by atoms with Crippen molar-refractivity contribution in [2.45, 2.75) is 65.8 Å². The number of aryl methyl sites for hydroxylation is 2. The Morgan fingerprint density at radius 1 is 1.10 bits per heavy atom. The lowest BCUT2D eigenvalue weighted by Crippen LogP contribution is -2.30. The maximum Gasteiger partial charge on any atom is 0.333 e. The summed E-state index contributed by atoms with van der Waals surface area (Å²) in [5.74, 6) is -2.97. The first-order valence-electron chi connectivity index (χ1n) is 15.6. The number of rotatable bonds is 10. The van der Waals surface area contributed by atoms with E-state index in [4.69, 9.17) is 9.84 Å². The predicted octanol–water partition coefficient (Wildman–Crippen LogP) is 5.48. The summed E-state index contributed by atoms with van der Waals surface area (Å²) in [5.41, 5.74) is 2.70. The van der Waals surface area contributed by atoms with Crippen LogP contribution in [0.4, 0.5) is 10.2 Å². The molecular formula is C36H37FN4O8. The molecule has 0 aliphatic heterocycles. The number of carboxylic acid groups (broad SMARTS) is 2. The average molecular weight is 673 g/mol. The highest BCUT2D eigenvalue weighted by Gasteiger charge is 2.31. The minimum absolute atomic E-state index is 0.204. The molecule has 256 valence electrons. The third kappa shape index (κ3) is 7.30. The molecule has 2 atom stereocenters.